The van der Waals surface area contributed by atoms with Crippen LogP contribution in [0.3, 0.4) is 0 Å². The largest absolute Gasteiger partial charge is 0.468 e. The van der Waals surface area contributed by atoms with E-state index in [0.717, 1.165) is 25.7 Å². The van der Waals surface area contributed by atoms with Crippen molar-refractivity contribution < 1.29 is 18.7 Å². The molecule has 2 aromatic carbocycles. The van der Waals surface area contributed by atoms with Gasteiger partial charge < -0.3 is 15.4 Å². The molecule has 0 aromatic heterocycles. The van der Waals surface area contributed by atoms with Gasteiger partial charge in [-0.25, -0.2) is 4.39 Å². The van der Waals surface area contributed by atoms with Crippen LogP contribution in [0.4, 0.5) is 10.1 Å². The molecule has 2 atom stereocenters. The van der Waals surface area contributed by atoms with E-state index in [1.165, 1.54) is 6.07 Å². The Bertz CT molecular complexity index is 951. The van der Waals surface area contributed by atoms with Gasteiger partial charge in [0.2, 0.25) is 5.91 Å². The van der Waals surface area contributed by atoms with E-state index in [2.05, 4.69) is 15.4 Å². The zero-order valence-electron chi connectivity index (χ0n) is 17.9. The maximum Gasteiger partial charge on any atom is 0.293 e. The quantitative estimate of drug-likeness (QED) is 0.549. The van der Waals surface area contributed by atoms with Gasteiger partial charge in [-0.3, -0.25) is 9.59 Å². The molecule has 0 bridgehead atoms. The first-order valence-electron chi connectivity index (χ1n) is 10.7. The molecule has 1 saturated heterocycles. The van der Waals surface area contributed by atoms with Gasteiger partial charge in [-0.05, 0) is 49.6 Å². The van der Waals surface area contributed by atoms with Crippen LogP contribution in [0.2, 0.25) is 10.0 Å². The molecule has 1 aliphatic heterocycles. The van der Waals surface area contributed by atoms with Crippen molar-refractivity contribution in [3.8, 4) is 0 Å². The Morgan fingerprint density at radius 2 is 1.97 bits per heavy atom. The lowest BCUT2D eigenvalue weighted by Crippen LogP contribution is -2.47. The molecule has 2 unspecified atom stereocenters. The molecule has 5 nitrogen and oxygen atoms in total. The minimum absolute atomic E-state index is 0.0915. The van der Waals surface area contributed by atoms with Crippen LogP contribution < -0.4 is 10.6 Å². The Balaban J connectivity index is 0.000000523. The van der Waals surface area contributed by atoms with Crippen molar-refractivity contribution in [2.24, 2.45) is 5.92 Å². The monoisotopic (exact) mass is 480 g/mol. The summed E-state index contributed by atoms with van der Waals surface area (Å²) in [6.45, 7) is 3.22. The molecule has 0 radical (unpaired) electrons. The molecular formula is C24H27Cl2FN2O3. The zero-order valence-corrected chi connectivity index (χ0v) is 19.4. The highest BCUT2D eigenvalue weighted by atomic mass is 35.5. The second-order valence-electron chi connectivity index (χ2n) is 8.02. The number of halogens is 3. The van der Waals surface area contributed by atoms with E-state index in [4.69, 9.17) is 23.2 Å². The van der Waals surface area contributed by atoms with Crippen molar-refractivity contribution in [1.29, 1.82) is 0 Å². The molecule has 2 aromatic rings. The summed E-state index contributed by atoms with van der Waals surface area (Å²) in [6.07, 6.45) is 3.97. The number of anilines is 1. The average Bonchev–Trinajstić information content (AvgIpc) is 3.39. The van der Waals surface area contributed by atoms with E-state index in [-0.39, 0.29) is 28.3 Å². The fraction of sp³-hybridized carbons (Fsp3) is 0.417. The molecule has 1 spiro atoms. The van der Waals surface area contributed by atoms with E-state index < -0.39 is 5.82 Å². The predicted octanol–water partition coefficient (Wildman–Crippen LogP) is 5.57. The number of carbonyl (C=O) groups is 2. The maximum absolute atomic E-state index is 14.7. The van der Waals surface area contributed by atoms with Gasteiger partial charge in [0.1, 0.15) is 5.82 Å². The molecule has 2 fully saturated rings. The number of amides is 1. The Morgan fingerprint density at radius 3 is 2.59 bits per heavy atom. The lowest BCUT2D eigenvalue weighted by atomic mass is 9.75. The van der Waals surface area contributed by atoms with Crippen LogP contribution in [0.15, 0.2) is 42.5 Å². The molecule has 4 rings (SSSR count). The molecule has 8 heteroatoms. The van der Waals surface area contributed by atoms with E-state index in [1.807, 2.05) is 6.07 Å². The zero-order chi connectivity index (χ0) is 23.1. The lowest BCUT2D eigenvalue weighted by molar-refractivity contribution is -0.128. The third-order valence-corrected chi connectivity index (χ3v) is 6.68. The van der Waals surface area contributed by atoms with Crippen LogP contribution in [0.25, 0.3) is 0 Å². The van der Waals surface area contributed by atoms with Gasteiger partial charge in [0.25, 0.3) is 6.47 Å². The van der Waals surface area contributed by atoms with Crippen molar-refractivity contribution in [2.45, 2.75) is 44.1 Å². The minimum Gasteiger partial charge on any atom is -0.468 e. The highest BCUT2D eigenvalue weighted by molar-refractivity contribution is 6.31. The molecule has 1 amide bonds. The first-order chi connectivity index (χ1) is 15.4. The van der Waals surface area contributed by atoms with E-state index >= 15 is 0 Å². The van der Waals surface area contributed by atoms with E-state index in [0.29, 0.717) is 35.9 Å². The highest BCUT2D eigenvalue weighted by Gasteiger charge is 2.53. The van der Waals surface area contributed by atoms with Gasteiger partial charge in [0, 0.05) is 28.7 Å². The predicted molar refractivity (Wildman–Crippen MR) is 125 cm³/mol. The Hall–Kier alpha value is -2.15. The second-order valence-corrected chi connectivity index (χ2v) is 8.87. The summed E-state index contributed by atoms with van der Waals surface area (Å²) in [5.41, 5.74) is 0.866. The van der Waals surface area contributed by atoms with E-state index in [9.17, 15) is 14.0 Å². The van der Waals surface area contributed by atoms with Gasteiger partial charge in [-0.15, -0.1) is 0 Å². The van der Waals surface area contributed by atoms with Crippen molar-refractivity contribution in [3.63, 3.8) is 0 Å². The smallest absolute Gasteiger partial charge is 0.293 e. The van der Waals surface area contributed by atoms with Crippen LogP contribution in [-0.4, -0.2) is 31.1 Å². The van der Waals surface area contributed by atoms with Gasteiger partial charge in [-0.1, -0.05) is 54.2 Å². The van der Waals surface area contributed by atoms with Crippen molar-refractivity contribution in [2.75, 3.05) is 18.5 Å². The number of nitrogens with one attached hydrogen (secondary N) is 2. The third kappa shape index (κ3) is 5.42. The van der Waals surface area contributed by atoms with Crippen molar-refractivity contribution >= 4 is 41.3 Å². The van der Waals surface area contributed by atoms with Crippen molar-refractivity contribution in [3.05, 3.63) is 63.9 Å². The van der Waals surface area contributed by atoms with Gasteiger partial charge in [0.15, 0.2) is 0 Å². The van der Waals surface area contributed by atoms with Gasteiger partial charge >= 0.3 is 0 Å². The number of ether oxygens (including phenoxy) is 1. The Kier molecular flexibility index (Phi) is 8.51. The fourth-order valence-electron chi connectivity index (χ4n) is 4.80. The second kappa shape index (κ2) is 11.1. The summed E-state index contributed by atoms with van der Waals surface area (Å²) >= 11 is 12.1. The number of hydrogen-bond donors (Lipinski definition) is 2. The number of rotatable bonds is 5. The lowest BCUT2D eigenvalue weighted by Gasteiger charge is -2.32. The van der Waals surface area contributed by atoms with Crippen LogP contribution in [0, 0.1) is 11.7 Å². The van der Waals surface area contributed by atoms with Crippen LogP contribution in [-0.2, 0) is 14.3 Å². The average molecular weight is 481 g/mol. The SMILES string of the molecule is CCOC=O.O=C(Nc1cccc(Cl)c1)C1C(c2cccc(Cl)c2F)CNC12CCCC2. The molecular weight excluding hydrogens is 454 g/mol. The molecule has 32 heavy (non-hydrogen) atoms. The summed E-state index contributed by atoms with van der Waals surface area (Å²) < 4.78 is 18.9. The summed E-state index contributed by atoms with van der Waals surface area (Å²) in [6, 6.07) is 12.1. The molecule has 1 heterocycles. The van der Waals surface area contributed by atoms with Crippen molar-refractivity contribution in [1.82, 2.24) is 5.32 Å². The Morgan fingerprint density at radius 1 is 1.25 bits per heavy atom. The summed E-state index contributed by atoms with van der Waals surface area (Å²) in [4.78, 5) is 22.5. The number of carbonyl (C=O) groups excluding carboxylic acids is 2. The van der Waals surface area contributed by atoms with E-state index in [1.54, 1.807) is 37.3 Å². The Labute approximate surface area is 197 Å². The topological polar surface area (TPSA) is 67.4 Å². The normalized spacial score (nSPS) is 21.0. The summed E-state index contributed by atoms with van der Waals surface area (Å²) in [7, 11) is 0. The van der Waals surface area contributed by atoms with Crippen LogP contribution in [0.1, 0.15) is 44.1 Å². The van der Waals surface area contributed by atoms with Crippen LogP contribution in [0.5, 0.6) is 0 Å². The van der Waals surface area contributed by atoms with Gasteiger partial charge in [-0.2, -0.15) is 0 Å². The summed E-state index contributed by atoms with van der Waals surface area (Å²) in [5, 5.41) is 7.20. The summed E-state index contributed by atoms with van der Waals surface area (Å²) in [5.74, 6) is -1.16. The first-order valence-corrected chi connectivity index (χ1v) is 11.5. The molecule has 1 saturated carbocycles. The minimum atomic E-state index is -0.429. The molecule has 172 valence electrons. The fourth-order valence-corrected chi connectivity index (χ4v) is 5.18. The standard InChI is InChI=1S/C21H21Cl2FN2O.C3H6O2/c22-13-5-3-6-14(11-13)26-20(27)18-16(12-25-21(18)9-1-2-10-21)15-7-4-8-17(23)19(15)24;1-2-5-3-4/h3-8,11,16,18,25H,1-2,9-10,12H2,(H,26,27);3H,2H2,1H3. The molecule has 1 aliphatic carbocycles. The maximum atomic E-state index is 14.7. The highest BCUT2D eigenvalue weighted by Crippen LogP contribution is 2.48. The van der Waals surface area contributed by atoms with Crippen LogP contribution >= 0.6 is 23.2 Å². The number of hydrogen-bond acceptors (Lipinski definition) is 4. The molecule has 2 aliphatic rings. The number of benzene rings is 2. The third-order valence-electron chi connectivity index (χ3n) is 6.16. The first kappa shape index (κ1) is 24.5. The van der Waals surface area contributed by atoms with Gasteiger partial charge in [0.05, 0.1) is 17.5 Å². The molecule has 2 N–H and O–H groups in total.